The molecule has 4 heteroatoms. The molecule has 1 saturated heterocycles. The lowest BCUT2D eigenvalue weighted by atomic mass is 10.1. The second kappa shape index (κ2) is 7.09. The van der Waals surface area contributed by atoms with Crippen molar-refractivity contribution >= 4 is 5.91 Å². The van der Waals surface area contributed by atoms with E-state index in [-0.39, 0.29) is 18.6 Å². The van der Waals surface area contributed by atoms with E-state index in [0.717, 1.165) is 37.1 Å². The Labute approximate surface area is 119 Å². The average Bonchev–Trinajstić information content (AvgIpc) is 2.89. The quantitative estimate of drug-likeness (QED) is 0.799. The third-order valence-electron chi connectivity index (χ3n) is 3.50. The number of nitrogens with two attached hydrogens (primary N) is 1. The van der Waals surface area contributed by atoms with Gasteiger partial charge in [-0.3, -0.25) is 9.69 Å². The van der Waals surface area contributed by atoms with Gasteiger partial charge in [0.25, 0.3) is 0 Å². The van der Waals surface area contributed by atoms with Crippen molar-refractivity contribution in [1.29, 1.82) is 0 Å². The molecule has 20 heavy (non-hydrogen) atoms. The van der Waals surface area contributed by atoms with E-state index in [1.54, 1.807) is 0 Å². The van der Waals surface area contributed by atoms with E-state index in [9.17, 15) is 4.79 Å². The number of primary amides is 1. The molecular weight excluding hydrogens is 252 g/mol. The highest BCUT2D eigenvalue weighted by molar-refractivity contribution is 5.80. The predicted molar refractivity (Wildman–Crippen MR) is 77.6 cm³/mol. The number of benzene rings is 1. The molecule has 4 nitrogen and oxygen atoms in total. The van der Waals surface area contributed by atoms with Crippen molar-refractivity contribution < 1.29 is 9.90 Å². The van der Waals surface area contributed by atoms with Crippen LogP contribution in [0.4, 0.5) is 0 Å². The number of likely N-dealkylation sites (tertiary alicyclic amines) is 1. The first kappa shape index (κ1) is 14.6. The van der Waals surface area contributed by atoms with E-state index in [4.69, 9.17) is 10.8 Å². The molecule has 1 unspecified atom stereocenters. The summed E-state index contributed by atoms with van der Waals surface area (Å²) < 4.78 is 0. The summed E-state index contributed by atoms with van der Waals surface area (Å²) in [7, 11) is 0. The van der Waals surface area contributed by atoms with Gasteiger partial charge < -0.3 is 10.8 Å². The maximum absolute atomic E-state index is 11.3. The summed E-state index contributed by atoms with van der Waals surface area (Å²) in [5, 5.41) is 8.67. The van der Waals surface area contributed by atoms with Crippen LogP contribution in [0.15, 0.2) is 24.3 Å². The van der Waals surface area contributed by atoms with Crippen molar-refractivity contribution in [3.63, 3.8) is 0 Å². The van der Waals surface area contributed by atoms with Gasteiger partial charge in [0.05, 0.1) is 12.6 Å². The van der Waals surface area contributed by atoms with Crippen molar-refractivity contribution in [2.24, 2.45) is 5.73 Å². The van der Waals surface area contributed by atoms with Crippen molar-refractivity contribution in [2.75, 3.05) is 13.2 Å². The lowest BCUT2D eigenvalue weighted by Gasteiger charge is -2.21. The first-order valence-electron chi connectivity index (χ1n) is 6.93. The van der Waals surface area contributed by atoms with Gasteiger partial charge in [-0.1, -0.05) is 24.0 Å². The summed E-state index contributed by atoms with van der Waals surface area (Å²) in [5.41, 5.74) is 7.51. The normalized spacial score (nSPS) is 18.6. The summed E-state index contributed by atoms with van der Waals surface area (Å²) in [6, 6.07) is 7.86. The van der Waals surface area contributed by atoms with Crippen LogP contribution in [0.25, 0.3) is 0 Å². The van der Waals surface area contributed by atoms with Crippen LogP contribution < -0.4 is 5.73 Å². The van der Waals surface area contributed by atoms with Gasteiger partial charge in [0, 0.05) is 18.5 Å². The number of aliphatic hydroxyl groups excluding tert-OH is 1. The predicted octanol–water partition coefficient (Wildman–Crippen LogP) is 0.870. The van der Waals surface area contributed by atoms with Crippen LogP contribution >= 0.6 is 0 Å². The molecule has 1 aliphatic heterocycles. The van der Waals surface area contributed by atoms with Gasteiger partial charge in [0.2, 0.25) is 5.91 Å². The zero-order chi connectivity index (χ0) is 14.4. The molecule has 1 fully saturated rings. The number of carbonyl (C=O) groups excluding carboxylic acids is 1. The molecule has 0 radical (unpaired) electrons. The molecule has 1 aliphatic rings. The van der Waals surface area contributed by atoms with E-state index in [1.807, 2.05) is 24.3 Å². The van der Waals surface area contributed by atoms with Crippen LogP contribution in [-0.4, -0.2) is 35.1 Å². The minimum absolute atomic E-state index is 0.0918. The van der Waals surface area contributed by atoms with Gasteiger partial charge in [-0.15, -0.1) is 0 Å². The lowest BCUT2D eigenvalue weighted by molar-refractivity contribution is -0.122. The number of hydrogen-bond donors (Lipinski definition) is 2. The SMILES string of the molecule is NC(=O)C1CCCN1Cc1ccc(C#CCCO)cc1. The largest absolute Gasteiger partial charge is 0.395 e. The third kappa shape index (κ3) is 3.83. The molecule has 1 aromatic rings. The molecule has 2 rings (SSSR count). The van der Waals surface area contributed by atoms with Gasteiger partial charge in [0.15, 0.2) is 0 Å². The summed E-state index contributed by atoms with van der Waals surface area (Å²) in [5.74, 6) is 5.66. The van der Waals surface area contributed by atoms with Gasteiger partial charge >= 0.3 is 0 Å². The van der Waals surface area contributed by atoms with Gasteiger partial charge in [0.1, 0.15) is 0 Å². The summed E-state index contributed by atoms with van der Waals surface area (Å²) in [4.78, 5) is 13.5. The molecule has 1 amide bonds. The second-order valence-corrected chi connectivity index (χ2v) is 5.00. The first-order chi connectivity index (χ1) is 9.70. The first-order valence-corrected chi connectivity index (χ1v) is 6.93. The van der Waals surface area contributed by atoms with Crippen molar-refractivity contribution in [3.05, 3.63) is 35.4 Å². The number of nitrogens with zero attached hydrogens (tertiary/aromatic N) is 1. The summed E-state index contributed by atoms with van der Waals surface area (Å²) in [6.07, 6.45) is 2.38. The molecule has 0 aliphatic carbocycles. The lowest BCUT2D eigenvalue weighted by Crippen LogP contribution is -2.39. The standard InChI is InChI=1S/C16H20N2O2/c17-16(20)15-5-3-10-18(15)12-14-8-6-13(7-9-14)4-1-2-11-19/h6-9,15,19H,2-3,5,10-12H2,(H2,17,20). The number of aliphatic hydroxyl groups is 1. The Balaban J connectivity index is 1.97. The van der Waals surface area contributed by atoms with E-state index < -0.39 is 0 Å². The maximum Gasteiger partial charge on any atom is 0.234 e. The van der Waals surface area contributed by atoms with Gasteiger partial charge in [-0.2, -0.15) is 0 Å². The van der Waals surface area contributed by atoms with Gasteiger partial charge in [-0.25, -0.2) is 0 Å². The topological polar surface area (TPSA) is 66.6 Å². The number of carbonyl (C=O) groups is 1. The fraction of sp³-hybridized carbons (Fsp3) is 0.438. The Hall–Kier alpha value is -1.83. The highest BCUT2D eigenvalue weighted by Crippen LogP contribution is 2.19. The molecule has 0 bridgehead atoms. The van der Waals surface area contributed by atoms with Gasteiger partial charge in [-0.05, 0) is 37.1 Å². The van der Waals surface area contributed by atoms with E-state index in [2.05, 4.69) is 16.7 Å². The molecule has 106 valence electrons. The molecule has 0 aromatic heterocycles. The van der Waals surface area contributed by atoms with Crippen LogP contribution in [-0.2, 0) is 11.3 Å². The molecule has 0 spiro atoms. The molecule has 1 aromatic carbocycles. The number of amides is 1. The van der Waals surface area contributed by atoms with E-state index in [0.29, 0.717) is 6.42 Å². The average molecular weight is 272 g/mol. The Kier molecular flexibility index (Phi) is 5.16. The third-order valence-corrected chi connectivity index (χ3v) is 3.50. The Bertz CT molecular complexity index is 514. The van der Waals surface area contributed by atoms with Crippen LogP contribution in [0.2, 0.25) is 0 Å². The number of hydrogen-bond acceptors (Lipinski definition) is 3. The Morgan fingerprint density at radius 2 is 2.15 bits per heavy atom. The van der Waals surface area contributed by atoms with Crippen molar-refractivity contribution in [1.82, 2.24) is 4.90 Å². The Morgan fingerprint density at radius 1 is 1.40 bits per heavy atom. The van der Waals surface area contributed by atoms with Crippen LogP contribution in [0.1, 0.15) is 30.4 Å². The van der Waals surface area contributed by atoms with E-state index in [1.165, 1.54) is 0 Å². The molecule has 1 atom stereocenters. The molecule has 1 heterocycles. The smallest absolute Gasteiger partial charge is 0.234 e. The molecule has 0 saturated carbocycles. The fourth-order valence-electron chi connectivity index (χ4n) is 2.49. The fourth-order valence-corrected chi connectivity index (χ4v) is 2.49. The summed E-state index contributed by atoms with van der Waals surface area (Å²) >= 11 is 0. The maximum atomic E-state index is 11.3. The van der Waals surface area contributed by atoms with Crippen molar-refractivity contribution in [2.45, 2.75) is 31.8 Å². The van der Waals surface area contributed by atoms with Crippen LogP contribution in [0.5, 0.6) is 0 Å². The highest BCUT2D eigenvalue weighted by atomic mass is 16.2. The van der Waals surface area contributed by atoms with E-state index >= 15 is 0 Å². The van der Waals surface area contributed by atoms with Crippen LogP contribution in [0, 0.1) is 11.8 Å². The molecule has 3 N–H and O–H groups in total. The monoisotopic (exact) mass is 272 g/mol. The minimum atomic E-state index is -0.228. The zero-order valence-electron chi connectivity index (χ0n) is 11.5. The Morgan fingerprint density at radius 3 is 2.80 bits per heavy atom. The zero-order valence-corrected chi connectivity index (χ0v) is 11.5. The molecular formula is C16H20N2O2. The highest BCUT2D eigenvalue weighted by Gasteiger charge is 2.28. The van der Waals surface area contributed by atoms with Crippen molar-refractivity contribution in [3.8, 4) is 11.8 Å². The second-order valence-electron chi connectivity index (χ2n) is 5.00. The minimum Gasteiger partial charge on any atom is -0.395 e. The number of rotatable bonds is 4. The summed E-state index contributed by atoms with van der Waals surface area (Å²) in [6.45, 7) is 1.76. The van der Waals surface area contributed by atoms with Crippen LogP contribution in [0.3, 0.4) is 0 Å².